The van der Waals surface area contributed by atoms with Crippen LogP contribution in [0.1, 0.15) is 99.9 Å². The lowest BCUT2D eigenvalue weighted by Gasteiger charge is -2.10. The Hall–Kier alpha value is -3.18. The lowest BCUT2D eigenvalue weighted by molar-refractivity contribution is -0.121. The molecule has 202 valence electrons. The molecule has 38 heavy (non-hydrogen) atoms. The average molecular weight is 535 g/mol. The Morgan fingerprint density at radius 2 is 1.45 bits per heavy atom. The van der Waals surface area contributed by atoms with Gasteiger partial charge in [-0.2, -0.15) is 5.10 Å². The Morgan fingerprint density at radius 1 is 0.816 bits per heavy atom. The number of fused-ring (bicyclic) bond motifs is 1. The van der Waals surface area contributed by atoms with E-state index in [-0.39, 0.29) is 5.91 Å². The Bertz CT molecular complexity index is 1190. The largest absolute Gasteiger partial charge is 0.422 e. The molecule has 0 aliphatic carbocycles. The third kappa shape index (κ3) is 9.94. The van der Waals surface area contributed by atoms with Crippen LogP contribution in [-0.4, -0.2) is 18.1 Å². The SMILES string of the molecule is CCCCCCCCCCCCCC(=O)N/N=C/c1c(OC(=O)c2ccc(Cl)cc2)ccc2ccccc12. The van der Waals surface area contributed by atoms with Gasteiger partial charge < -0.3 is 4.74 Å². The van der Waals surface area contributed by atoms with Gasteiger partial charge in [-0.1, -0.05) is 113 Å². The summed E-state index contributed by atoms with van der Waals surface area (Å²) in [5.74, 6) is -0.240. The number of carbonyl (C=O) groups excluding carboxylic acids is 2. The first-order valence-corrected chi connectivity index (χ1v) is 14.3. The van der Waals surface area contributed by atoms with Gasteiger partial charge in [0.05, 0.1) is 11.8 Å². The molecule has 0 spiro atoms. The number of carbonyl (C=O) groups is 2. The zero-order valence-electron chi connectivity index (χ0n) is 22.4. The van der Waals surface area contributed by atoms with Crippen LogP contribution in [0.25, 0.3) is 10.8 Å². The summed E-state index contributed by atoms with van der Waals surface area (Å²) >= 11 is 5.93. The van der Waals surface area contributed by atoms with Gasteiger partial charge in [0.2, 0.25) is 5.91 Å². The number of esters is 1. The number of unbranched alkanes of at least 4 members (excludes halogenated alkanes) is 10. The van der Waals surface area contributed by atoms with Gasteiger partial charge >= 0.3 is 5.97 Å². The molecule has 0 aliphatic rings. The van der Waals surface area contributed by atoms with Crippen molar-refractivity contribution in [2.24, 2.45) is 5.10 Å². The van der Waals surface area contributed by atoms with Crippen molar-refractivity contribution in [3.63, 3.8) is 0 Å². The van der Waals surface area contributed by atoms with E-state index in [2.05, 4.69) is 17.5 Å². The highest BCUT2D eigenvalue weighted by atomic mass is 35.5. The summed E-state index contributed by atoms with van der Waals surface area (Å²) in [4.78, 5) is 25.0. The van der Waals surface area contributed by atoms with Crippen LogP contribution in [0.5, 0.6) is 5.75 Å². The van der Waals surface area contributed by atoms with Crippen molar-refractivity contribution in [3.8, 4) is 5.75 Å². The number of hydrogen-bond donors (Lipinski definition) is 1. The monoisotopic (exact) mass is 534 g/mol. The number of nitrogens with zero attached hydrogens (tertiary/aromatic N) is 1. The zero-order valence-corrected chi connectivity index (χ0v) is 23.1. The predicted molar refractivity (Wildman–Crippen MR) is 157 cm³/mol. The molecule has 3 aromatic rings. The van der Waals surface area contributed by atoms with Gasteiger partial charge in [0.1, 0.15) is 5.75 Å². The standard InChI is InChI=1S/C32H39ClN2O3/c1-2-3-4-5-6-7-8-9-10-11-12-17-31(36)35-34-24-29-28-16-14-13-15-25(28)20-23-30(29)38-32(37)26-18-21-27(33)22-19-26/h13-16,18-24H,2-12,17H2,1H3,(H,35,36)/b34-24+. The summed E-state index contributed by atoms with van der Waals surface area (Å²) in [6.07, 6.45) is 15.7. The molecule has 5 nitrogen and oxygen atoms in total. The molecule has 0 unspecified atom stereocenters. The number of nitrogens with one attached hydrogen (secondary N) is 1. The van der Waals surface area contributed by atoms with Gasteiger partial charge in [0.25, 0.3) is 0 Å². The second-order valence-corrected chi connectivity index (χ2v) is 10.1. The number of ether oxygens (including phenoxy) is 1. The average Bonchev–Trinajstić information content (AvgIpc) is 2.93. The van der Waals surface area contributed by atoms with E-state index in [1.54, 1.807) is 36.5 Å². The fourth-order valence-corrected chi connectivity index (χ4v) is 4.54. The van der Waals surface area contributed by atoms with E-state index < -0.39 is 5.97 Å². The number of hydrogen-bond acceptors (Lipinski definition) is 4. The molecule has 0 bridgehead atoms. The summed E-state index contributed by atoms with van der Waals surface area (Å²) in [5.41, 5.74) is 3.64. The molecular weight excluding hydrogens is 496 g/mol. The highest BCUT2D eigenvalue weighted by molar-refractivity contribution is 6.30. The minimum atomic E-state index is -0.493. The minimum absolute atomic E-state index is 0.114. The van der Waals surface area contributed by atoms with Crippen LogP contribution >= 0.6 is 11.6 Å². The molecule has 3 rings (SSSR count). The van der Waals surface area contributed by atoms with Crippen molar-refractivity contribution in [1.29, 1.82) is 0 Å². The van der Waals surface area contributed by atoms with Crippen LogP contribution < -0.4 is 10.2 Å². The molecule has 1 N–H and O–H groups in total. The Kier molecular flexibility index (Phi) is 12.8. The quantitative estimate of drug-likeness (QED) is 0.0655. The van der Waals surface area contributed by atoms with E-state index in [1.807, 2.05) is 30.3 Å². The Labute approximate surface area is 231 Å². The van der Waals surface area contributed by atoms with Gasteiger partial charge in [-0.15, -0.1) is 0 Å². The van der Waals surface area contributed by atoms with Crippen LogP contribution in [0, 0.1) is 0 Å². The van der Waals surface area contributed by atoms with Gasteiger partial charge in [0, 0.05) is 17.0 Å². The molecule has 0 aliphatic heterocycles. The number of rotatable bonds is 16. The number of amides is 1. The molecule has 0 fully saturated rings. The number of benzene rings is 3. The highest BCUT2D eigenvalue weighted by Crippen LogP contribution is 2.27. The summed E-state index contributed by atoms with van der Waals surface area (Å²) in [7, 11) is 0. The lowest BCUT2D eigenvalue weighted by Crippen LogP contribution is -2.17. The second kappa shape index (κ2) is 16.6. The predicted octanol–water partition coefficient (Wildman–Crippen LogP) is 8.86. The topological polar surface area (TPSA) is 67.8 Å². The first kappa shape index (κ1) is 29.4. The molecule has 0 aromatic heterocycles. The van der Waals surface area contributed by atoms with E-state index >= 15 is 0 Å². The van der Waals surface area contributed by atoms with Gasteiger partial charge in [-0.3, -0.25) is 4.79 Å². The summed E-state index contributed by atoms with van der Waals surface area (Å²) < 4.78 is 5.70. The molecule has 0 saturated heterocycles. The minimum Gasteiger partial charge on any atom is -0.422 e. The smallest absolute Gasteiger partial charge is 0.343 e. The summed E-state index contributed by atoms with van der Waals surface area (Å²) in [6, 6.07) is 17.9. The van der Waals surface area contributed by atoms with Gasteiger partial charge in [-0.05, 0) is 47.5 Å². The summed E-state index contributed by atoms with van der Waals surface area (Å²) in [5, 5.41) is 6.58. The maximum absolute atomic E-state index is 12.7. The van der Waals surface area contributed by atoms with E-state index in [0.29, 0.717) is 28.3 Å². The maximum Gasteiger partial charge on any atom is 0.343 e. The van der Waals surface area contributed by atoms with Crippen molar-refractivity contribution < 1.29 is 14.3 Å². The van der Waals surface area contributed by atoms with Crippen molar-refractivity contribution >= 4 is 40.5 Å². The zero-order chi connectivity index (χ0) is 27.0. The van der Waals surface area contributed by atoms with Crippen LogP contribution in [0.3, 0.4) is 0 Å². The molecule has 3 aromatic carbocycles. The normalized spacial score (nSPS) is 11.2. The van der Waals surface area contributed by atoms with E-state index in [0.717, 1.165) is 23.6 Å². The van der Waals surface area contributed by atoms with Gasteiger partial charge in [-0.25, -0.2) is 10.2 Å². The fourth-order valence-electron chi connectivity index (χ4n) is 4.42. The van der Waals surface area contributed by atoms with Crippen molar-refractivity contribution in [2.45, 2.75) is 84.0 Å². The molecule has 0 radical (unpaired) electrons. The van der Waals surface area contributed by atoms with Crippen LogP contribution in [0.2, 0.25) is 5.02 Å². The Balaban J connectivity index is 1.48. The maximum atomic E-state index is 12.7. The van der Waals surface area contributed by atoms with Gasteiger partial charge in [0.15, 0.2) is 0 Å². The van der Waals surface area contributed by atoms with E-state index in [9.17, 15) is 9.59 Å². The molecular formula is C32H39ClN2O3. The summed E-state index contributed by atoms with van der Waals surface area (Å²) in [6.45, 7) is 2.25. The van der Waals surface area contributed by atoms with Crippen molar-refractivity contribution in [1.82, 2.24) is 5.43 Å². The molecule has 0 atom stereocenters. The first-order valence-electron chi connectivity index (χ1n) is 13.9. The van der Waals surface area contributed by atoms with Crippen LogP contribution in [0.15, 0.2) is 65.8 Å². The molecule has 0 heterocycles. The van der Waals surface area contributed by atoms with Crippen LogP contribution in [0.4, 0.5) is 0 Å². The molecule has 6 heteroatoms. The lowest BCUT2D eigenvalue weighted by atomic mass is 10.0. The van der Waals surface area contributed by atoms with Crippen molar-refractivity contribution in [2.75, 3.05) is 0 Å². The highest BCUT2D eigenvalue weighted by Gasteiger charge is 2.13. The fraction of sp³-hybridized carbons (Fsp3) is 0.406. The first-order chi connectivity index (χ1) is 18.6. The third-order valence-corrected chi connectivity index (χ3v) is 6.86. The van der Waals surface area contributed by atoms with Crippen molar-refractivity contribution in [3.05, 3.63) is 76.8 Å². The molecule has 0 saturated carbocycles. The Morgan fingerprint density at radius 3 is 2.13 bits per heavy atom. The molecule has 1 amide bonds. The number of hydrazone groups is 1. The van der Waals surface area contributed by atoms with E-state index in [4.69, 9.17) is 16.3 Å². The van der Waals surface area contributed by atoms with Crippen LogP contribution in [-0.2, 0) is 4.79 Å². The number of halogens is 1. The van der Waals surface area contributed by atoms with E-state index in [1.165, 1.54) is 57.8 Å². The second-order valence-electron chi connectivity index (χ2n) is 9.67. The third-order valence-electron chi connectivity index (χ3n) is 6.60.